The van der Waals surface area contributed by atoms with E-state index in [2.05, 4.69) is 14.9 Å². The van der Waals surface area contributed by atoms with E-state index < -0.39 is 16.0 Å². The summed E-state index contributed by atoms with van der Waals surface area (Å²) >= 11 is 0. The number of hydrogen-bond donors (Lipinski definition) is 2. The minimum absolute atomic E-state index is 0.000901. The first-order chi connectivity index (χ1) is 11.0. The number of aryl methyl sites for hydroxylation is 1. The first-order valence-electron chi connectivity index (χ1n) is 7.35. The van der Waals surface area contributed by atoms with Gasteiger partial charge in [-0.25, -0.2) is 4.79 Å². The monoisotopic (exact) mass is 352 g/mol. The smallest absolute Gasteiger partial charge is 0.337 e. The van der Waals surface area contributed by atoms with E-state index in [0.29, 0.717) is 6.54 Å². The first kappa shape index (κ1) is 17.9. The van der Waals surface area contributed by atoms with E-state index in [4.69, 9.17) is 0 Å². The third kappa shape index (κ3) is 3.73. The summed E-state index contributed by atoms with van der Waals surface area (Å²) in [6.45, 7) is 8.06. The molecule has 0 unspecified atom stereocenters. The highest BCUT2D eigenvalue weighted by Crippen LogP contribution is 2.28. The Morgan fingerprint density at radius 2 is 2.00 bits per heavy atom. The van der Waals surface area contributed by atoms with E-state index in [-0.39, 0.29) is 21.7 Å². The van der Waals surface area contributed by atoms with Crippen LogP contribution >= 0.6 is 0 Å². The Morgan fingerprint density at radius 3 is 2.50 bits per heavy atom. The maximum atomic E-state index is 12.4. The highest BCUT2D eigenvalue weighted by atomic mass is 32.2. The highest BCUT2D eigenvalue weighted by Gasteiger charge is 2.24. The second kappa shape index (κ2) is 6.23. The highest BCUT2D eigenvalue weighted by molar-refractivity contribution is 7.92. The summed E-state index contributed by atoms with van der Waals surface area (Å²) in [4.78, 5) is 12.6. The second-order valence-electron chi connectivity index (χ2n) is 6.29. The number of aromatic nitrogens is 3. The summed E-state index contributed by atoms with van der Waals surface area (Å²) in [6.07, 6.45) is 1.12. The second-order valence-corrected chi connectivity index (χ2v) is 7.92. The standard InChI is InChI=1S/C15H20N4O4S/c1-5-19-16-9-13(17-19)24(22,23)18-12-8-10(15(2,3)4)6-7-11(12)14(20)21/h6-9,18H,5H2,1-4H3,(H,20,21). The SMILES string of the molecule is CCn1ncc(S(=O)(=O)Nc2cc(C(C)(C)C)ccc2C(=O)O)n1. The van der Waals surface area contributed by atoms with Gasteiger partial charge >= 0.3 is 5.97 Å². The van der Waals surface area contributed by atoms with Crippen molar-refractivity contribution in [2.75, 3.05) is 4.72 Å². The Hall–Kier alpha value is -2.42. The van der Waals surface area contributed by atoms with Gasteiger partial charge in [0.2, 0.25) is 5.03 Å². The molecule has 0 aliphatic heterocycles. The molecule has 0 radical (unpaired) electrons. The van der Waals surface area contributed by atoms with Crippen molar-refractivity contribution in [1.29, 1.82) is 0 Å². The molecule has 0 atom stereocenters. The number of carbonyl (C=O) groups is 1. The van der Waals surface area contributed by atoms with Gasteiger partial charge in [0.1, 0.15) is 0 Å². The van der Waals surface area contributed by atoms with E-state index in [1.807, 2.05) is 20.8 Å². The number of sulfonamides is 1. The lowest BCUT2D eigenvalue weighted by molar-refractivity contribution is 0.0698. The molecule has 0 aliphatic rings. The van der Waals surface area contributed by atoms with Crippen LogP contribution < -0.4 is 4.72 Å². The van der Waals surface area contributed by atoms with Crippen molar-refractivity contribution in [2.45, 2.75) is 44.7 Å². The average molecular weight is 352 g/mol. The number of carboxylic acid groups (broad SMARTS) is 1. The normalized spacial score (nSPS) is 12.2. The van der Waals surface area contributed by atoms with Gasteiger partial charge in [-0.2, -0.15) is 18.3 Å². The van der Waals surface area contributed by atoms with E-state index in [1.165, 1.54) is 16.9 Å². The number of rotatable bonds is 5. The van der Waals surface area contributed by atoms with Crippen LogP contribution in [0.5, 0.6) is 0 Å². The fourth-order valence-corrected chi connectivity index (χ4v) is 2.99. The maximum absolute atomic E-state index is 12.4. The Kier molecular flexibility index (Phi) is 4.66. The van der Waals surface area contributed by atoms with Crippen LogP contribution in [0.2, 0.25) is 0 Å². The number of hydrogen-bond acceptors (Lipinski definition) is 5. The zero-order valence-corrected chi connectivity index (χ0v) is 14.8. The molecule has 0 amide bonds. The number of nitrogens with zero attached hydrogens (tertiary/aromatic N) is 3. The number of anilines is 1. The number of benzene rings is 1. The van der Waals surface area contributed by atoms with Crippen LogP contribution in [0.15, 0.2) is 29.4 Å². The van der Waals surface area contributed by atoms with E-state index in [1.54, 1.807) is 13.0 Å². The number of nitrogens with one attached hydrogen (secondary N) is 1. The number of aromatic carboxylic acids is 1. The molecule has 1 heterocycles. The van der Waals surface area contributed by atoms with Gasteiger partial charge in [0, 0.05) is 0 Å². The molecule has 1 aromatic carbocycles. The Balaban J connectivity index is 2.48. The summed E-state index contributed by atoms with van der Waals surface area (Å²) in [5.74, 6) is -1.22. The summed E-state index contributed by atoms with van der Waals surface area (Å²) in [6, 6.07) is 4.60. The third-order valence-electron chi connectivity index (χ3n) is 3.43. The van der Waals surface area contributed by atoms with Crippen molar-refractivity contribution in [1.82, 2.24) is 15.0 Å². The van der Waals surface area contributed by atoms with Crippen LogP contribution in [-0.4, -0.2) is 34.5 Å². The molecule has 0 bridgehead atoms. The van der Waals surface area contributed by atoms with Gasteiger partial charge in [0.05, 0.1) is 24.0 Å². The fourth-order valence-electron chi connectivity index (χ4n) is 2.04. The van der Waals surface area contributed by atoms with Crippen molar-refractivity contribution in [3.63, 3.8) is 0 Å². The molecule has 0 saturated heterocycles. The Bertz CT molecular complexity index is 866. The van der Waals surface area contributed by atoms with Crippen molar-refractivity contribution >= 4 is 21.7 Å². The molecule has 9 heteroatoms. The molecular formula is C15H20N4O4S. The lowest BCUT2D eigenvalue weighted by Crippen LogP contribution is -2.18. The van der Waals surface area contributed by atoms with E-state index >= 15 is 0 Å². The van der Waals surface area contributed by atoms with Gasteiger partial charge in [0.15, 0.2) is 0 Å². The van der Waals surface area contributed by atoms with E-state index in [9.17, 15) is 18.3 Å². The topological polar surface area (TPSA) is 114 Å². The van der Waals surface area contributed by atoms with Crippen LogP contribution in [-0.2, 0) is 22.0 Å². The predicted molar refractivity (Wildman–Crippen MR) is 88.6 cm³/mol. The van der Waals surface area contributed by atoms with E-state index in [0.717, 1.165) is 11.8 Å². The van der Waals surface area contributed by atoms with Crippen LogP contribution in [0.3, 0.4) is 0 Å². The minimum atomic E-state index is -4.03. The lowest BCUT2D eigenvalue weighted by atomic mass is 9.86. The van der Waals surface area contributed by atoms with Gasteiger partial charge < -0.3 is 5.11 Å². The molecule has 0 saturated carbocycles. The molecule has 1 aromatic heterocycles. The molecule has 8 nitrogen and oxygen atoms in total. The molecule has 24 heavy (non-hydrogen) atoms. The Labute approximate surface area is 140 Å². The fraction of sp³-hybridized carbons (Fsp3) is 0.400. The van der Waals surface area contributed by atoms with Crippen molar-refractivity contribution in [2.24, 2.45) is 0 Å². The van der Waals surface area contributed by atoms with Crippen LogP contribution in [0.4, 0.5) is 5.69 Å². The summed E-state index contributed by atoms with van der Waals surface area (Å²) in [7, 11) is -4.03. The third-order valence-corrected chi connectivity index (χ3v) is 4.66. The van der Waals surface area contributed by atoms with Crippen LogP contribution in [0.25, 0.3) is 0 Å². The minimum Gasteiger partial charge on any atom is -0.478 e. The molecule has 0 aliphatic carbocycles. The van der Waals surface area contributed by atoms with Gasteiger partial charge in [-0.15, -0.1) is 5.10 Å². The van der Waals surface area contributed by atoms with Crippen LogP contribution in [0.1, 0.15) is 43.6 Å². The molecule has 130 valence electrons. The molecular weight excluding hydrogens is 332 g/mol. The average Bonchev–Trinajstić information content (AvgIpc) is 2.95. The lowest BCUT2D eigenvalue weighted by Gasteiger charge is -2.21. The summed E-state index contributed by atoms with van der Waals surface area (Å²) < 4.78 is 27.2. The molecule has 2 aromatic rings. The van der Waals surface area contributed by atoms with Crippen molar-refractivity contribution < 1.29 is 18.3 Å². The van der Waals surface area contributed by atoms with Crippen molar-refractivity contribution in [3.8, 4) is 0 Å². The number of carboxylic acids is 1. The Morgan fingerprint density at radius 1 is 1.33 bits per heavy atom. The quantitative estimate of drug-likeness (QED) is 0.851. The zero-order chi connectivity index (χ0) is 18.1. The molecule has 0 fully saturated rings. The predicted octanol–water partition coefficient (Wildman–Crippen LogP) is 2.09. The first-order valence-corrected chi connectivity index (χ1v) is 8.83. The summed E-state index contributed by atoms with van der Waals surface area (Å²) in [5, 5.41) is 16.7. The molecule has 2 rings (SSSR count). The van der Waals surface area contributed by atoms with Crippen LogP contribution in [0, 0.1) is 0 Å². The van der Waals surface area contributed by atoms with Gasteiger partial charge in [0.25, 0.3) is 10.0 Å². The molecule has 0 spiro atoms. The largest absolute Gasteiger partial charge is 0.478 e. The van der Waals surface area contributed by atoms with Crippen molar-refractivity contribution in [3.05, 3.63) is 35.5 Å². The van der Waals surface area contributed by atoms with Gasteiger partial charge in [-0.1, -0.05) is 26.8 Å². The van der Waals surface area contributed by atoms with Gasteiger partial charge in [-0.05, 0) is 30.0 Å². The zero-order valence-electron chi connectivity index (χ0n) is 13.9. The maximum Gasteiger partial charge on any atom is 0.337 e. The van der Waals surface area contributed by atoms with Gasteiger partial charge in [-0.3, -0.25) is 4.72 Å². The summed E-state index contributed by atoms with van der Waals surface area (Å²) in [5.41, 5.74) is 0.417. The molecule has 2 N–H and O–H groups in total.